The van der Waals surface area contributed by atoms with Crippen LogP contribution in [-0.2, 0) is 4.74 Å². The molecule has 0 saturated carbocycles. The van der Waals surface area contributed by atoms with Crippen molar-refractivity contribution >= 4 is 31.9 Å². The monoisotopic (exact) mass is 342 g/mol. The minimum atomic E-state index is 0.254. The Hall–Kier alpha value is 0.920. The van der Waals surface area contributed by atoms with Gasteiger partial charge < -0.3 is 4.74 Å². The smallest absolute Gasteiger partial charge is 0.0597 e. The summed E-state index contributed by atoms with van der Waals surface area (Å²) in [6.45, 7) is 14.8. The van der Waals surface area contributed by atoms with Crippen molar-refractivity contribution in [1.82, 2.24) is 0 Å². The van der Waals surface area contributed by atoms with E-state index in [4.69, 9.17) is 4.74 Å². The van der Waals surface area contributed by atoms with Gasteiger partial charge in [-0.25, -0.2) is 0 Å². The van der Waals surface area contributed by atoms with Crippen LogP contribution in [0, 0.1) is 10.8 Å². The second kappa shape index (κ2) is 6.02. The fraction of sp³-hybridized carbons (Fsp3) is 1.00. The first-order valence-electron chi connectivity index (χ1n) is 5.41. The van der Waals surface area contributed by atoms with E-state index < -0.39 is 0 Å². The van der Waals surface area contributed by atoms with Crippen LogP contribution in [-0.4, -0.2) is 22.9 Å². The van der Waals surface area contributed by atoms with Gasteiger partial charge in [-0.2, -0.15) is 0 Å². The molecule has 0 heterocycles. The number of alkyl halides is 2. The van der Waals surface area contributed by atoms with E-state index in [0.29, 0.717) is 9.65 Å². The molecule has 0 N–H and O–H groups in total. The molecule has 0 aromatic heterocycles. The van der Waals surface area contributed by atoms with Crippen molar-refractivity contribution in [3.63, 3.8) is 0 Å². The Morgan fingerprint density at radius 2 is 1.07 bits per heavy atom. The third-order valence-corrected chi connectivity index (χ3v) is 5.68. The maximum atomic E-state index is 5.72. The zero-order valence-electron chi connectivity index (χ0n) is 10.7. The lowest BCUT2D eigenvalue weighted by molar-refractivity contribution is 0.1000. The van der Waals surface area contributed by atoms with Gasteiger partial charge in [0.15, 0.2) is 0 Å². The minimum absolute atomic E-state index is 0.254. The van der Waals surface area contributed by atoms with E-state index in [9.17, 15) is 0 Å². The number of ether oxygens (including phenoxy) is 1. The Morgan fingerprint density at radius 3 is 1.27 bits per heavy atom. The van der Waals surface area contributed by atoms with Crippen LogP contribution in [0.1, 0.15) is 41.5 Å². The Morgan fingerprint density at radius 1 is 0.800 bits per heavy atom. The summed E-state index contributed by atoms with van der Waals surface area (Å²) >= 11 is 7.32. The fourth-order valence-corrected chi connectivity index (χ4v) is 1.15. The summed E-state index contributed by atoms with van der Waals surface area (Å²) in [4.78, 5) is 0.814. The molecule has 0 amide bonds. The molecule has 2 unspecified atom stereocenters. The van der Waals surface area contributed by atoms with Crippen molar-refractivity contribution in [3.05, 3.63) is 0 Å². The van der Waals surface area contributed by atoms with Gasteiger partial charge in [-0.3, -0.25) is 0 Å². The minimum Gasteiger partial charge on any atom is -0.379 e. The highest BCUT2D eigenvalue weighted by molar-refractivity contribution is 9.09. The third-order valence-electron chi connectivity index (χ3n) is 2.41. The Bertz CT molecular complexity index is 159. The van der Waals surface area contributed by atoms with E-state index in [1.807, 2.05) is 0 Å². The first-order chi connectivity index (χ1) is 6.55. The molecule has 0 aromatic rings. The molecule has 1 nitrogen and oxygen atoms in total. The largest absolute Gasteiger partial charge is 0.379 e. The van der Waals surface area contributed by atoms with Crippen molar-refractivity contribution < 1.29 is 4.74 Å². The lowest BCUT2D eigenvalue weighted by Crippen LogP contribution is -2.30. The molecule has 2 atom stereocenters. The van der Waals surface area contributed by atoms with Gasteiger partial charge in [0, 0.05) is 9.65 Å². The molecular formula is C12H24Br2O. The molecule has 0 aliphatic rings. The summed E-state index contributed by atoms with van der Waals surface area (Å²) in [5.41, 5.74) is 0.507. The van der Waals surface area contributed by atoms with Gasteiger partial charge in [0.1, 0.15) is 0 Å². The zero-order valence-corrected chi connectivity index (χ0v) is 13.9. The van der Waals surface area contributed by atoms with Gasteiger partial charge in [0.25, 0.3) is 0 Å². The summed E-state index contributed by atoms with van der Waals surface area (Å²) in [6, 6.07) is 0. The molecule has 0 fully saturated rings. The van der Waals surface area contributed by atoms with E-state index >= 15 is 0 Å². The number of halogens is 2. The molecule has 0 radical (unpaired) electrons. The first kappa shape index (κ1) is 15.9. The van der Waals surface area contributed by atoms with Gasteiger partial charge in [-0.05, 0) is 10.8 Å². The third kappa shape index (κ3) is 6.96. The van der Waals surface area contributed by atoms with Gasteiger partial charge in [0.2, 0.25) is 0 Å². The quantitative estimate of drug-likeness (QED) is 0.676. The molecule has 3 heteroatoms. The van der Waals surface area contributed by atoms with Crippen LogP contribution in [0.2, 0.25) is 0 Å². The molecule has 0 aromatic carbocycles. The Balaban J connectivity index is 3.81. The molecule has 0 rings (SSSR count). The average molecular weight is 344 g/mol. The van der Waals surface area contributed by atoms with E-state index in [1.54, 1.807) is 0 Å². The highest BCUT2D eigenvalue weighted by Crippen LogP contribution is 2.28. The van der Waals surface area contributed by atoms with Gasteiger partial charge >= 0.3 is 0 Å². The average Bonchev–Trinajstić information content (AvgIpc) is 2.00. The summed E-state index contributed by atoms with van der Waals surface area (Å²) in [5, 5.41) is 0. The summed E-state index contributed by atoms with van der Waals surface area (Å²) < 4.78 is 5.72. The molecule has 0 bridgehead atoms. The van der Waals surface area contributed by atoms with Crippen molar-refractivity contribution in [2.24, 2.45) is 10.8 Å². The van der Waals surface area contributed by atoms with Gasteiger partial charge in [0.05, 0.1) is 13.2 Å². The summed E-state index contributed by atoms with van der Waals surface area (Å²) in [5.74, 6) is 0. The van der Waals surface area contributed by atoms with E-state index in [2.05, 4.69) is 73.4 Å². The second-order valence-corrected chi connectivity index (χ2v) is 8.42. The molecule has 0 aliphatic heterocycles. The van der Waals surface area contributed by atoms with Crippen molar-refractivity contribution in [1.29, 1.82) is 0 Å². The molecule has 92 valence electrons. The van der Waals surface area contributed by atoms with E-state index in [1.165, 1.54) is 0 Å². The lowest BCUT2D eigenvalue weighted by atomic mass is 9.92. The summed E-state index contributed by atoms with van der Waals surface area (Å²) in [7, 11) is 0. The van der Waals surface area contributed by atoms with Crippen LogP contribution in [0.25, 0.3) is 0 Å². The zero-order chi connectivity index (χ0) is 12.3. The Kier molecular flexibility index (Phi) is 6.39. The maximum absolute atomic E-state index is 5.72. The van der Waals surface area contributed by atoms with Crippen LogP contribution < -0.4 is 0 Å². The highest BCUT2D eigenvalue weighted by Gasteiger charge is 2.24. The van der Waals surface area contributed by atoms with E-state index in [0.717, 1.165) is 13.2 Å². The molecule has 0 saturated heterocycles. The second-order valence-electron chi connectivity index (χ2n) is 6.20. The van der Waals surface area contributed by atoms with Crippen LogP contribution >= 0.6 is 31.9 Å². The standard InChI is InChI=1S/C12H24Br2O/c1-11(2,3)9(13)7-15-8-10(14)12(4,5)6/h9-10H,7-8H2,1-6H3. The predicted octanol–water partition coefficient (Wildman–Crippen LogP) is 4.62. The van der Waals surface area contributed by atoms with Crippen molar-refractivity contribution in [2.75, 3.05) is 13.2 Å². The number of rotatable bonds is 4. The topological polar surface area (TPSA) is 9.23 Å². The SMILES string of the molecule is CC(C)(C)C(Br)COCC(Br)C(C)(C)C. The van der Waals surface area contributed by atoms with Crippen LogP contribution in [0.4, 0.5) is 0 Å². The van der Waals surface area contributed by atoms with Crippen LogP contribution in [0.5, 0.6) is 0 Å². The fourth-order valence-electron chi connectivity index (χ4n) is 0.775. The molecule has 0 aliphatic carbocycles. The van der Waals surface area contributed by atoms with Crippen molar-refractivity contribution in [2.45, 2.75) is 51.2 Å². The van der Waals surface area contributed by atoms with E-state index in [-0.39, 0.29) is 10.8 Å². The molecular weight excluding hydrogens is 320 g/mol. The van der Waals surface area contributed by atoms with Gasteiger partial charge in [-0.15, -0.1) is 0 Å². The highest BCUT2D eigenvalue weighted by atomic mass is 79.9. The lowest BCUT2D eigenvalue weighted by Gasteiger charge is -2.28. The number of hydrogen-bond donors (Lipinski definition) is 0. The maximum Gasteiger partial charge on any atom is 0.0597 e. The Labute approximate surface area is 112 Å². The van der Waals surface area contributed by atoms with Gasteiger partial charge in [-0.1, -0.05) is 73.4 Å². The van der Waals surface area contributed by atoms with Crippen LogP contribution in [0.3, 0.4) is 0 Å². The predicted molar refractivity (Wildman–Crippen MR) is 75.2 cm³/mol. The van der Waals surface area contributed by atoms with Crippen LogP contribution in [0.15, 0.2) is 0 Å². The summed E-state index contributed by atoms with van der Waals surface area (Å²) in [6.07, 6.45) is 0. The normalized spacial score (nSPS) is 17.6. The van der Waals surface area contributed by atoms with Crippen molar-refractivity contribution in [3.8, 4) is 0 Å². The first-order valence-corrected chi connectivity index (χ1v) is 7.24. The number of hydrogen-bond acceptors (Lipinski definition) is 1. The molecule has 15 heavy (non-hydrogen) atoms. The molecule has 0 spiro atoms.